The molecule has 2 aromatic carbocycles. The normalized spacial score (nSPS) is 10.1. The van der Waals surface area contributed by atoms with E-state index in [4.69, 9.17) is 4.74 Å². The van der Waals surface area contributed by atoms with Crippen LogP contribution in [0.1, 0.15) is 0 Å². The lowest BCUT2D eigenvalue weighted by Gasteiger charge is -2.12. The summed E-state index contributed by atoms with van der Waals surface area (Å²) in [6.07, 6.45) is 1.26. The fourth-order valence-electron chi connectivity index (χ4n) is 2.27. The van der Waals surface area contributed by atoms with Crippen molar-refractivity contribution in [3.8, 4) is 5.75 Å². The SMILES string of the molecule is COc1ccccc1Nc1ncnc(Nc2ccccc2)c1[N+](=O)[O-]. The molecular formula is C17H15N5O3. The van der Waals surface area contributed by atoms with Gasteiger partial charge in [0.1, 0.15) is 12.1 Å². The molecule has 0 amide bonds. The van der Waals surface area contributed by atoms with Gasteiger partial charge in [0.05, 0.1) is 17.7 Å². The molecule has 0 saturated carbocycles. The summed E-state index contributed by atoms with van der Waals surface area (Å²) >= 11 is 0. The molecule has 3 aromatic rings. The molecule has 0 unspecified atom stereocenters. The fraction of sp³-hybridized carbons (Fsp3) is 0.0588. The maximum absolute atomic E-state index is 11.6. The standard InChI is InChI=1S/C17H15N5O3/c1-25-14-10-6-5-9-13(14)21-17-15(22(23)24)16(18-11-19-17)20-12-7-3-2-4-8-12/h2-11H,1H3,(H2,18,19,20,21). The summed E-state index contributed by atoms with van der Waals surface area (Å²) in [6.45, 7) is 0. The lowest BCUT2D eigenvalue weighted by Crippen LogP contribution is -2.06. The van der Waals surface area contributed by atoms with Crippen molar-refractivity contribution in [1.82, 2.24) is 9.97 Å². The zero-order valence-electron chi connectivity index (χ0n) is 13.3. The first kappa shape index (κ1) is 16.2. The molecule has 126 valence electrons. The zero-order valence-corrected chi connectivity index (χ0v) is 13.3. The van der Waals surface area contributed by atoms with Crippen LogP contribution in [0.5, 0.6) is 5.75 Å². The first-order chi connectivity index (χ1) is 12.2. The van der Waals surface area contributed by atoms with E-state index < -0.39 is 4.92 Å². The van der Waals surface area contributed by atoms with Crippen molar-refractivity contribution >= 4 is 28.7 Å². The minimum absolute atomic E-state index is 0.0722. The van der Waals surface area contributed by atoms with Crippen molar-refractivity contribution in [2.45, 2.75) is 0 Å². The van der Waals surface area contributed by atoms with Crippen LogP contribution < -0.4 is 15.4 Å². The summed E-state index contributed by atoms with van der Waals surface area (Å²) in [6, 6.07) is 16.2. The second kappa shape index (κ2) is 7.26. The van der Waals surface area contributed by atoms with Crippen LogP contribution in [0.3, 0.4) is 0 Å². The number of rotatable bonds is 6. The van der Waals surface area contributed by atoms with E-state index in [1.165, 1.54) is 13.4 Å². The highest BCUT2D eigenvalue weighted by atomic mass is 16.6. The molecule has 0 spiro atoms. The maximum Gasteiger partial charge on any atom is 0.353 e. The van der Waals surface area contributed by atoms with Crippen molar-refractivity contribution in [2.75, 3.05) is 17.7 Å². The minimum Gasteiger partial charge on any atom is -0.495 e. The molecule has 0 atom stereocenters. The topological polar surface area (TPSA) is 102 Å². The summed E-state index contributed by atoms with van der Waals surface area (Å²) in [7, 11) is 1.53. The van der Waals surface area contributed by atoms with Gasteiger partial charge in [-0.05, 0) is 24.3 Å². The number of nitro groups is 1. The van der Waals surface area contributed by atoms with Gasteiger partial charge in [-0.1, -0.05) is 30.3 Å². The Bertz CT molecular complexity index is 886. The summed E-state index contributed by atoms with van der Waals surface area (Å²) in [4.78, 5) is 19.1. The van der Waals surface area contributed by atoms with Crippen LogP contribution in [0.2, 0.25) is 0 Å². The molecule has 1 aromatic heterocycles. The van der Waals surface area contributed by atoms with Crippen molar-refractivity contribution in [3.05, 3.63) is 71.0 Å². The Morgan fingerprint density at radius 1 is 0.960 bits per heavy atom. The largest absolute Gasteiger partial charge is 0.495 e. The Hall–Kier alpha value is -3.68. The van der Waals surface area contributed by atoms with Crippen LogP contribution in [0.25, 0.3) is 0 Å². The molecule has 8 nitrogen and oxygen atoms in total. The molecule has 0 aliphatic carbocycles. The lowest BCUT2D eigenvalue weighted by atomic mass is 10.3. The highest BCUT2D eigenvalue weighted by Gasteiger charge is 2.24. The molecule has 0 bridgehead atoms. The van der Waals surface area contributed by atoms with Gasteiger partial charge >= 0.3 is 5.69 Å². The third-order valence-electron chi connectivity index (χ3n) is 3.40. The van der Waals surface area contributed by atoms with Gasteiger partial charge in [-0.2, -0.15) is 0 Å². The van der Waals surface area contributed by atoms with Crippen molar-refractivity contribution in [2.24, 2.45) is 0 Å². The van der Waals surface area contributed by atoms with E-state index in [9.17, 15) is 10.1 Å². The third-order valence-corrected chi connectivity index (χ3v) is 3.40. The van der Waals surface area contributed by atoms with Gasteiger partial charge in [-0.3, -0.25) is 10.1 Å². The molecular weight excluding hydrogens is 322 g/mol. The highest BCUT2D eigenvalue weighted by Crippen LogP contribution is 2.35. The number of nitrogens with zero attached hydrogens (tertiary/aromatic N) is 3. The quantitative estimate of drug-likeness (QED) is 0.520. The van der Waals surface area contributed by atoms with Gasteiger partial charge in [-0.25, -0.2) is 9.97 Å². The zero-order chi connectivity index (χ0) is 17.6. The molecule has 0 aliphatic heterocycles. The van der Waals surface area contributed by atoms with E-state index in [1.807, 2.05) is 18.2 Å². The second-order valence-electron chi connectivity index (χ2n) is 4.99. The van der Waals surface area contributed by atoms with E-state index in [2.05, 4.69) is 20.6 Å². The number of para-hydroxylation sites is 3. The van der Waals surface area contributed by atoms with Crippen LogP contribution in [0.15, 0.2) is 60.9 Å². The number of hydrogen-bond acceptors (Lipinski definition) is 7. The predicted molar refractivity (Wildman–Crippen MR) is 94.7 cm³/mol. The molecule has 3 rings (SSSR count). The number of ether oxygens (including phenoxy) is 1. The molecule has 0 saturated heterocycles. The average molecular weight is 337 g/mol. The Morgan fingerprint density at radius 3 is 2.28 bits per heavy atom. The number of benzene rings is 2. The smallest absolute Gasteiger partial charge is 0.353 e. The maximum atomic E-state index is 11.6. The second-order valence-corrected chi connectivity index (χ2v) is 4.99. The number of anilines is 4. The molecule has 0 fully saturated rings. The Kier molecular flexibility index (Phi) is 4.70. The monoisotopic (exact) mass is 337 g/mol. The van der Waals surface area contributed by atoms with Crippen LogP contribution in [0.4, 0.5) is 28.7 Å². The van der Waals surface area contributed by atoms with Crippen molar-refractivity contribution in [1.29, 1.82) is 0 Å². The van der Waals surface area contributed by atoms with Crippen LogP contribution in [-0.4, -0.2) is 22.0 Å². The fourth-order valence-corrected chi connectivity index (χ4v) is 2.27. The van der Waals surface area contributed by atoms with E-state index in [1.54, 1.807) is 36.4 Å². The number of nitrogens with one attached hydrogen (secondary N) is 2. The number of methoxy groups -OCH3 is 1. The first-order valence-electron chi connectivity index (χ1n) is 7.40. The van der Waals surface area contributed by atoms with E-state index >= 15 is 0 Å². The Morgan fingerprint density at radius 2 is 1.60 bits per heavy atom. The number of aromatic nitrogens is 2. The number of hydrogen-bond donors (Lipinski definition) is 2. The van der Waals surface area contributed by atoms with Crippen LogP contribution >= 0.6 is 0 Å². The summed E-state index contributed by atoms with van der Waals surface area (Å²) in [5.41, 5.74) is 1.00. The molecule has 1 heterocycles. The van der Waals surface area contributed by atoms with Gasteiger partial charge in [-0.15, -0.1) is 0 Å². The lowest BCUT2D eigenvalue weighted by molar-refractivity contribution is -0.383. The van der Waals surface area contributed by atoms with E-state index in [0.29, 0.717) is 17.1 Å². The van der Waals surface area contributed by atoms with E-state index in [0.717, 1.165) is 0 Å². The highest BCUT2D eigenvalue weighted by molar-refractivity contribution is 5.78. The van der Waals surface area contributed by atoms with Gasteiger partial charge in [0, 0.05) is 5.69 Å². The Labute approximate surface area is 143 Å². The van der Waals surface area contributed by atoms with Gasteiger partial charge in [0.2, 0.25) is 11.6 Å². The molecule has 0 aliphatic rings. The summed E-state index contributed by atoms with van der Waals surface area (Å²) < 4.78 is 5.25. The predicted octanol–water partition coefficient (Wildman–Crippen LogP) is 3.88. The van der Waals surface area contributed by atoms with E-state index in [-0.39, 0.29) is 17.3 Å². The Balaban J connectivity index is 1.99. The van der Waals surface area contributed by atoms with Crippen LogP contribution in [-0.2, 0) is 0 Å². The molecule has 0 radical (unpaired) electrons. The van der Waals surface area contributed by atoms with Gasteiger partial charge in [0.15, 0.2) is 0 Å². The molecule has 8 heteroatoms. The van der Waals surface area contributed by atoms with Gasteiger partial charge < -0.3 is 15.4 Å². The summed E-state index contributed by atoms with van der Waals surface area (Å²) in [5.74, 6) is 0.722. The first-order valence-corrected chi connectivity index (χ1v) is 7.40. The molecule has 25 heavy (non-hydrogen) atoms. The average Bonchev–Trinajstić information content (AvgIpc) is 2.63. The van der Waals surface area contributed by atoms with Crippen LogP contribution in [0, 0.1) is 10.1 Å². The van der Waals surface area contributed by atoms with Gasteiger partial charge in [0.25, 0.3) is 0 Å². The van der Waals surface area contributed by atoms with Crippen molar-refractivity contribution in [3.63, 3.8) is 0 Å². The minimum atomic E-state index is -0.525. The summed E-state index contributed by atoms with van der Waals surface area (Å²) in [5, 5.41) is 17.5. The molecule has 2 N–H and O–H groups in total. The van der Waals surface area contributed by atoms with Crippen molar-refractivity contribution < 1.29 is 9.66 Å². The third kappa shape index (κ3) is 3.63.